The van der Waals surface area contributed by atoms with Crippen molar-refractivity contribution in [1.29, 1.82) is 0 Å². The molecule has 0 amide bonds. The average Bonchev–Trinajstić information content (AvgIpc) is 3.14. The minimum Gasteiger partial charge on any atom is -0.355 e. The van der Waals surface area contributed by atoms with Crippen LogP contribution in [0.3, 0.4) is 0 Å². The van der Waals surface area contributed by atoms with Crippen molar-refractivity contribution in [1.82, 2.24) is 15.5 Å². The fourth-order valence-electron chi connectivity index (χ4n) is 1.98. The highest BCUT2D eigenvalue weighted by atomic mass is 15.3. The van der Waals surface area contributed by atoms with Crippen LogP contribution >= 0.6 is 0 Å². The Kier molecular flexibility index (Phi) is 4.31. The Morgan fingerprint density at radius 3 is 2.71 bits per heavy atom. The molecule has 1 aromatic rings. The number of hydrogen-bond acceptors (Lipinski definition) is 4. The zero-order valence-electron chi connectivity index (χ0n) is 10.8. The molecule has 1 aromatic heterocycles. The number of nitrogens with one attached hydrogen (secondary N) is 1. The predicted molar refractivity (Wildman–Crippen MR) is 70.0 cm³/mol. The van der Waals surface area contributed by atoms with Gasteiger partial charge in [0, 0.05) is 19.6 Å². The molecule has 1 fully saturated rings. The largest absolute Gasteiger partial charge is 0.355 e. The van der Waals surface area contributed by atoms with Gasteiger partial charge in [-0.2, -0.15) is 5.10 Å². The zero-order valence-corrected chi connectivity index (χ0v) is 10.8. The first-order chi connectivity index (χ1) is 8.33. The Morgan fingerprint density at radius 1 is 1.35 bits per heavy atom. The van der Waals surface area contributed by atoms with Gasteiger partial charge in [0.1, 0.15) is 0 Å². The van der Waals surface area contributed by atoms with Crippen molar-refractivity contribution in [2.75, 3.05) is 25.0 Å². The minimum absolute atomic E-state index is 0.781. The third-order valence-electron chi connectivity index (χ3n) is 3.06. The summed E-state index contributed by atoms with van der Waals surface area (Å²) in [7, 11) is 1.92. The standard InChI is InChI=1S/C13H22N4/c1-3-8-17(10-11-4-5-11)13-7-6-12(9-14-2)15-16-13/h6-7,11,14H,3-5,8-10H2,1-2H3. The smallest absolute Gasteiger partial charge is 0.151 e. The molecule has 4 heteroatoms. The third kappa shape index (κ3) is 3.66. The summed E-state index contributed by atoms with van der Waals surface area (Å²) in [4.78, 5) is 2.37. The van der Waals surface area contributed by atoms with E-state index in [1.807, 2.05) is 7.05 Å². The first kappa shape index (κ1) is 12.3. The Labute approximate surface area is 103 Å². The summed E-state index contributed by atoms with van der Waals surface area (Å²) < 4.78 is 0. The summed E-state index contributed by atoms with van der Waals surface area (Å²) in [6, 6.07) is 4.16. The summed E-state index contributed by atoms with van der Waals surface area (Å²) >= 11 is 0. The number of anilines is 1. The van der Waals surface area contributed by atoms with E-state index < -0.39 is 0 Å². The first-order valence-corrected chi connectivity index (χ1v) is 6.55. The normalized spacial score (nSPS) is 14.9. The quantitative estimate of drug-likeness (QED) is 0.781. The number of nitrogens with zero attached hydrogens (tertiary/aromatic N) is 3. The van der Waals surface area contributed by atoms with E-state index in [1.54, 1.807) is 0 Å². The Morgan fingerprint density at radius 2 is 2.18 bits per heavy atom. The molecule has 1 aliphatic carbocycles. The monoisotopic (exact) mass is 234 g/mol. The summed E-state index contributed by atoms with van der Waals surface area (Å²) in [5.74, 6) is 1.92. The maximum atomic E-state index is 4.33. The van der Waals surface area contributed by atoms with Crippen LogP contribution in [-0.4, -0.2) is 30.3 Å². The third-order valence-corrected chi connectivity index (χ3v) is 3.06. The van der Waals surface area contributed by atoms with Crippen molar-refractivity contribution in [3.63, 3.8) is 0 Å². The van der Waals surface area contributed by atoms with Gasteiger partial charge in [-0.3, -0.25) is 0 Å². The van der Waals surface area contributed by atoms with Gasteiger partial charge in [0.25, 0.3) is 0 Å². The lowest BCUT2D eigenvalue weighted by atomic mass is 10.3. The van der Waals surface area contributed by atoms with Gasteiger partial charge in [-0.1, -0.05) is 6.92 Å². The van der Waals surface area contributed by atoms with Crippen LogP contribution in [0.5, 0.6) is 0 Å². The molecule has 0 bridgehead atoms. The molecule has 17 heavy (non-hydrogen) atoms. The number of rotatable bonds is 7. The maximum Gasteiger partial charge on any atom is 0.151 e. The van der Waals surface area contributed by atoms with E-state index in [9.17, 15) is 0 Å². The Balaban J connectivity index is 2.00. The van der Waals surface area contributed by atoms with Gasteiger partial charge in [-0.25, -0.2) is 0 Å². The molecule has 0 aliphatic heterocycles. The molecule has 1 saturated carbocycles. The molecule has 2 rings (SSSR count). The van der Waals surface area contributed by atoms with E-state index in [1.165, 1.54) is 12.8 Å². The maximum absolute atomic E-state index is 4.33. The first-order valence-electron chi connectivity index (χ1n) is 6.55. The zero-order chi connectivity index (χ0) is 12.1. The van der Waals surface area contributed by atoms with E-state index >= 15 is 0 Å². The minimum atomic E-state index is 0.781. The van der Waals surface area contributed by atoms with E-state index in [-0.39, 0.29) is 0 Å². The highest BCUT2D eigenvalue weighted by Gasteiger charge is 2.24. The van der Waals surface area contributed by atoms with Crippen molar-refractivity contribution >= 4 is 5.82 Å². The molecule has 1 heterocycles. The molecule has 1 aliphatic rings. The predicted octanol–water partition coefficient (Wildman–Crippen LogP) is 1.82. The Bertz CT molecular complexity index is 332. The van der Waals surface area contributed by atoms with Gasteiger partial charge in [0.15, 0.2) is 5.82 Å². The molecule has 0 atom stereocenters. The molecule has 0 unspecified atom stereocenters. The molecule has 0 saturated heterocycles. The van der Waals surface area contributed by atoms with Crippen molar-refractivity contribution < 1.29 is 0 Å². The molecule has 94 valence electrons. The number of aromatic nitrogens is 2. The molecule has 0 radical (unpaired) electrons. The summed E-state index contributed by atoms with van der Waals surface area (Å²) in [5.41, 5.74) is 0.999. The van der Waals surface area contributed by atoms with Gasteiger partial charge in [-0.05, 0) is 44.4 Å². The van der Waals surface area contributed by atoms with Crippen LogP contribution < -0.4 is 10.2 Å². The van der Waals surface area contributed by atoms with Crippen LogP contribution in [0.25, 0.3) is 0 Å². The second kappa shape index (κ2) is 5.96. The molecule has 4 nitrogen and oxygen atoms in total. The summed E-state index contributed by atoms with van der Waals surface area (Å²) in [6.07, 6.45) is 3.92. The van der Waals surface area contributed by atoms with Crippen LogP contribution in [0.4, 0.5) is 5.82 Å². The van der Waals surface area contributed by atoms with Gasteiger partial charge in [0.05, 0.1) is 5.69 Å². The summed E-state index contributed by atoms with van der Waals surface area (Å²) in [6.45, 7) is 5.22. The van der Waals surface area contributed by atoms with Crippen LogP contribution in [0.15, 0.2) is 12.1 Å². The van der Waals surface area contributed by atoms with Crippen molar-refractivity contribution in [3.05, 3.63) is 17.8 Å². The Hall–Kier alpha value is -1.16. The highest BCUT2D eigenvalue weighted by Crippen LogP contribution is 2.30. The number of hydrogen-bond donors (Lipinski definition) is 1. The highest BCUT2D eigenvalue weighted by molar-refractivity contribution is 5.37. The van der Waals surface area contributed by atoms with Gasteiger partial charge in [-0.15, -0.1) is 5.10 Å². The van der Waals surface area contributed by atoms with Gasteiger partial charge in [0.2, 0.25) is 0 Å². The van der Waals surface area contributed by atoms with E-state index in [4.69, 9.17) is 0 Å². The second-order valence-corrected chi connectivity index (χ2v) is 4.80. The SMILES string of the molecule is CCCN(CC1CC1)c1ccc(CNC)nn1. The van der Waals surface area contributed by atoms with Crippen LogP contribution in [0, 0.1) is 5.92 Å². The van der Waals surface area contributed by atoms with Crippen molar-refractivity contribution in [2.45, 2.75) is 32.7 Å². The lowest BCUT2D eigenvalue weighted by Gasteiger charge is -2.22. The fraction of sp³-hybridized carbons (Fsp3) is 0.692. The molecule has 1 N–H and O–H groups in total. The lowest BCUT2D eigenvalue weighted by molar-refractivity contribution is 0.686. The van der Waals surface area contributed by atoms with E-state index in [2.05, 4.69) is 39.5 Å². The second-order valence-electron chi connectivity index (χ2n) is 4.80. The molecular formula is C13H22N4. The molecular weight excluding hydrogens is 212 g/mol. The van der Waals surface area contributed by atoms with Crippen LogP contribution in [0.2, 0.25) is 0 Å². The van der Waals surface area contributed by atoms with Crippen LogP contribution in [0.1, 0.15) is 31.9 Å². The van der Waals surface area contributed by atoms with E-state index in [0.717, 1.165) is 43.5 Å². The van der Waals surface area contributed by atoms with Gasteiger partial charge < -0.3 is 10.2 Å². The fourth-order valence-corrected chi connectivity index (χ4v) is 1.98. The average molecular weight is 234 g/mol. The molecule has 0 aromatic carbocycles. The van der Waals surface area contributed by atoms with E-state index in [0.29, 0.717) is 0 Å². The summed E-state index contributed by atoms with van der Waals surface area (Å²) in [5, 5.41) is 11.7. The van der Waals surface area contributed by atoms with Gasteiger partial charge >= 0.3 is 0 Å². The van der Waals surface area contributed by atoms with Crippen molar-refractivity contribution in [2.24, 2.45) is 5.92 Å². The molecule has 0 spiro atoms. The van der Waals surface area contributed by atoms with Crippen molar-refractivity contribution in [3.8, 4) is 0 Å². The lowest BCUT2D eigenvalue weighted by Crippen LogP contribution is -2.27. The topological polar surface area (TPSA) is 41.0 Å². The van der Waals surface area contributed by atoms with Crippen LogP contribution in [-0.2, 0) is 6.54 Å².